The molecule has 0 amide bonds. The summed E-state index contributed by atoms with van der Waals surface area (Å²) in [6.45, 7) is 0. The van der Waals surface area contributed by atoms with Gasteiger partial charge in [0.25, 0.3) is 0 Å². The van der Waals surface area contributed by atoms with Crippen LogP contribution in [0, 0.1) is 21.6 Å². The first kappa shape index (κ1) is 56.5. The zero-order valence-electron chi connectivity index (χ0n) is 11.5. The zero-order valence-corrected chi connectivity index (χ0v) is 15.7. The molecule has 0 atom stereocenters. The van der Waals surface area contributed by atoms with Gasteiger partial charge in [-0.3, -0.25) is 0 Å². The van der Waals surface area contributed by atoms with Crippen LogP contribution in [0.15, 0.2) is 0 Å². The van der Waals surface area contributed by atoms with Crippen molar-refractivity contribution in [3.63, 3.8) is 0 Å². The summed E-state index contributed by atoms with van der Waals surface area (Å²) in [5, 5.41) is 24.0. The number of hydrogen-bond acceptors (Lipinski definition) is 14. The van der Waals surface area contributed by atoms with Gasteiger partial charge in [0.1, 0.15) is 0 Å². The number of hydrogen-bond donors (Lipinski definition) is 4. The maximum atomic E-state index is 10.7. The van der Waals surface area contributed by atoms with Crippen LogP contribution in [0.3, 0.4) is 0 Å². The average Bonchev–Trinajstić information content (AvgIpc) is 2.18. The summed E-state index contributed by atoms with van der Waals surface area (Å²) in [6, 6.07) is 0. The van der Waals surface area contributed by atoms with Crippen LogP contribution in [0.1, 0.15) is 0 Å². The molecule has 0 saturated carbocycles. The molecule has 23 heteroatoms. The molecule has 0 unspecified atom stereocenters. The molecule has 12 N–H and O–H groups in total. The minimum Gasteiger partial charge on any atom is -0.741 e. The van der Waals surface area contributed by atoms with Crippen molar-refractivity contribution in [1.29, 1.82) is 21.6 Å². The molecule has 0 aromatic rings. The van der Waals surface area contributed by atoms with E-state index in [1.165, 1.54) is 0 Å². The molecule has 0 aliphatic carbocycles. The van der Waals surface area contributed by atoms with Crippen molar-refractivity contribution in [3.8, 4) is 0 Å². The van der Waals surface area contributed by atoms with E-state index in [-0.39, 0.29) is 44.4 Å². The third-order valence-corrected chi connectivity index (χ3v) is 1.70. The van der Waals surface area contributed by atoms with Gasteiger partial charge in [-0.05, 0) is 0 Å². The number of alkyl halides is 6. The second kappa shape index (κ2) is 20.8. The largest absolute Gasteiger partial charge is 2.00 e. The smallest absolute Gasteiger partial charge is 0.741 e. The van der Waals surface area contributed by atoms with Crippen molar-refractivity contribution in [1.82, 2.24) is 24.6 Å². The van der Waals surface area contributed by atoms with Crippen LogP contribution >= 0.6 is 0 Å². The van der Waals surface area contributed by atoms with E-state index in [9.17, 15) is 26.3 Å². The molecule has 0 saturated heterocycles. The molecule has 0 bridgehead atoms. The number of rotatable bonds is 0. The normalized spacial score (nSPS) is 9.12. The van der Waals surface area contributed by atoms with Crippen LogP contribution in [0.5, 0.6) is 0 Å². The molecular formula is C2H12F6N8O6OsS2. The van der Waals surface area contributed by atoms with Crippen molar-refractivity contribution in [2.45, 2.75) is 11.0 Å². The van der Waals surface area contributed by atoms with Gasteiger partial charge in [-0.2, -0.15) is 26.3 Å². The summed E-state index contributed by atoms with van der Waals surface area (Å²) in [7, 11) is -12.2. The zero-order chi connectivity index (χ0) is 18.0. The topological polar surface area (TPSA) is 350 Å². The van der Waals surface area contributed by atoms with Gasteiger partial charge in [-0.15, -0.1) is 0 Å². The van der Waals surface area contributed by atoms with Gasteiger partial charge >= 0.3 is 30.8 Å². The molecule has 0 spiro atoms. The molecule has 0 aromatic heterocycles. The van der Waals surface area contributed by atoms with E-state index >= 15 is 0 Å². The van der Waals surface area contributed by atoms with Crippen LogP contribution in [-0.4, -0.2) is 37.0 Å². The van der Waals surface area contributed by atoms with Gasteiger partial charge in [0, 0.05) is 21.6 Å². The first-order valence-corrected chi connectivity index (χ1v) is 5.76. The van der Waals surface area contributed by atoms with E-state index in [0.29, 0.717) is 0 Å². The predicted octanol–water partition coefficient (Wildman–Crippen LogP) is 0.809. The van der Waals surface area contributed by atoms with Crippen LogP contribution < -0.4 is 24.6 Å². The SMILES string of the molecule is N.N.N.N.N#N.N#N.O=S(=O)([O-])C(F)(F)F.O=S(=O)([O-])C(F)(F)F.[Os+2]. The molecule has 158 valence electrons. The van der Waals surface area contributed by atoms with Crippen molar-refractivity contribution in [2.24, 2.45) is 0 Å². The fourth-order valence-electron chi connectivity index (χ4n) is 0. The van der Waals surface area contributed by atoms with Crippen LogP contribution in [0.4, 0.5) is 26.3 Å². The quantitative estimate of drug-likeness (QED) is 0.127. The number of halogens is 6. The minimum atomic E-state index is -6.09. The first-order valence-electron chi connectivity index (χ1n) is 2.94. The van der Waals surface area contributed by atoms with Gasteiger partial charge in [0.2, 0.25) is 0 Å². The first-order chi connectivity index (χ1) is 8.50. The van der Waals surface area contributed by atoms with E-state index in [0.717, 1.165) is 0 Å². The van der Waals surface area contributed by atoms with Crippen LogP contribution in [-0.2, 0) is 40.0 Å². The summed E-state index contributed by atoms with van der Waals surface area (Å²) in [6.07, 6.45) is 0. The minimum absolute atomic E-state index is 0. The van der Waals surface area contributed by atoms with Crippen molar-refractivity contribution >= 4 is 20.2 Å². The Morgan fingerprint density at radius 1 is 0.560 bits per heavy atom. The molecule has 0 aliphatic rings. The molecule has 14 nitrogen and oxygen atoms in total. The summed E-state index contributed by atoms with van der Waals surface area (Å²) < 4.78 is 118. The molecule has 0 heterocycles. The Morgan fingerprint density at radius 3 is 0.600 bits per heavy atom. The van der Waals surface area contributed by atoms with Crippen molar-refractivity contribution in [2.75, 3.05) is 0 Å². The van der Waals surface area contributed by atoms with Crippen molar-refractivity contribution in [3.05, 3.63) is 0 Å². The fourth-order valence-corrected chi connectivity index (χ4v) is 0. The Morgan fingerprint density at radius 2 is 0.600 bits per heavy atom. The van der Waals surface area contributed by atoms with Gasteiger partial charge in [0.15, 0.2) is 20.2 Å². The standard InChI is InChI=1S/2CHF3O3S.2N2.4H3N.Os/c2*2-1(3,4)8(5,6)7;2*1-2;;;;;/h2*(H,5,6,7);;;4*1H3;/q;;;;;;;;+2/p-2. The molecule has 0 radical (unpaired) electrons. The molecule has 0 fully saturated rings. The molecular weight excluding hydrogens is 600 g/mol. The van der Waals surface area contributed by atoms with Gasteiger partial charge in [-0.25, -0.2) is 16.8 Å². The van der Waals surface area contributed by atoms with E-state index in [2.05, 4.69) is 0 Å². The summed E-state index contributed by atoms with van der Waals surface area (Å²) >= 11 is 0. The van der Waals surface area contributed by atoms with E-state index in [1.54, 1.807) is 0 Å². The maximum Gasteiger partial charge on any atom is 2.00 e. The van der Waals surface area contributed by atoms with Crippen LogP contribution in [0.2, 0.25) is 0 Å². The third-order valence-electron chi connectivity index (χ3n) is 0.567. The van der Waals surface area contributed by atoms with Crippen molar-refractivity contribution < 1.29 is 72.1 Å². The Labute approximate surface area is 150 Å². The number of nitrogens with zero attached hydrogens (tertiary/aromatic N) is 4. The third kappa shape index (κ3) is 34.9. The van der Waals surface area contributed by atoms with E-state index < -0.39 is 31.3 Å². The molecule has 0 aliphatic heterocycles. The molecule has 0 aromatic carbocycles. The summed E-state index contributed by atoms with van der Waals surface area (Å²) in [4.78, 5) is 0. The average molecular weight is 613 g/mol. The van der Waals surface area contributed by atoms with Gasteiger partial charge in [-0.1, -0.05) is 0 Å². The fraction of sp³-hybridized carbons (Fsp3) is 1.00. The summed E-state index contributed by atoms with van der Waals surface area (Å²) in [5.74, 6) is 0. The Hall–Kier alpha value is -1.28. The van der Waals surface area contributed by atoms with E-state index in [4.69, 9.17) is 47.5 Å². The van der Waals surface area contributed by atoms with Gasteiger partial charge in [0.05, 0.1) is 0 Å². The molecule has 0 rings (SSSR count). The second-order valence-electron chi connectivity index (χ2n) is 1.80. The molecule has 25 heavy (non-hydrogen) atoms. The monoisotopic (exact) mass is 614 g/mol. The summed E-state index contributed by atoms with van der Waals surface area (Å²) in [5.41, 5.74) is -11.3. The van der Waals surface area contributed by atoms with E-state index in [1.807, 2.05) is 0 Å². The predicted molar refractivity (Wildman–Crippen MR) is 58.5 cm³/mol. The maximum absolute atomic E-state index is 10.7. The second-order valence-corrected chi connectivity index (χ2v) is 4.54. The Balaban J connectivity index is -0.0000000208. The Kier molecular flexibility index (Phi) is 46.9. The van der Waals surface area contributed by atoms with Crippen LogP contribution in [0.25, 0.3) is 0 Å². The Bertz CT molecular complexity index is 465. The van der Waals surface area contributed by atoms with Gasteiger partial charge < -0.3 is 33.7 Å².